The van der Waals surface area contributed by atoms with Gasteiger partial charge in [0.25, 0.3) is 0 Å². The fourth-order valence-corrected chi connectivity index (χ4v) is 5.14. The number of Topliss-reactive ketones (excluding diaryl/α,β-unsaturated/α-hetero) is 3. The Kier molecular flexibility index (Phi) is 15.1. The molecule has 2 atom stereocenters. The second-order valence-electron chi connectivity index (χ2n) is 12.0. The van der Waals surface area contributed by atoms with Crippen LogP contribution in [-0.4, -0.2) is 17.3 Å². The predicted octanol–water partition coefficient (Wildman–Crippen LogP) is 9.31. The zero-order valence-electron chi connectivity index (χ0n) is 24.7. The van der Waals surface area contributed by atoms with Crippen molar-refractivity contribution < 1.29 is 14.4 Å². The number of rotatable bonds is 18. The molecular formula is C33H54O3. The number of hydrogen-bond donors (Lipinski definition) is 0. The SMILES string of the molecule is CC1=C(C)C(=O)C(C(=O)CCCC/C=C(\C)CCCC(C)CCCC(C)CCCC(C)C)=C(C)C1=O. The van der Waals surface area contributed by atoms with Gasteiger partial charge >= 0.3 is 0 Å². The van der Waals surface area contributed by atoms with Gasteiger partial charge in [0.05, 0.1) is 5.57 Å². The molecule has 0 amide bonds. The van der Waals surface area contributed by atoms with Gasteiger partial charge in [-0.2, -0.15) is 0 Å². The Labute approximate surface area is 222 Å². The quantitative estimate of drug-likeness (QED) is 0.0818. The average Bonchev–Trinajstić information content (AvgIpc) is 2.81. The summed E-state index contributed by atoms with van der Waals surface area (Å²) in [6, 6.07) is 0. The van der Waals surface area contributed by atoms with Gasteiger partial charge in [-0.15, -0.1) is 0 Å². The van der Waals surface area contributed by atoms with Gasteiger partial charge < -0.3 is 0 Å². The van der Waals surface area contributed by atoms with Crippen LogP contribution >= 0.6 is 0 Å². The van der Waals surface area contributed by atoms with Gasteiger partial charge in [0, 0.05) is 23.1 Å². The lowest BCUT2D eigenvalue weighted by Gasteiger charge is -2.17. The van der Waals surface area contributed by atoms with Gasteiger partial charge in [0.2, 0.25) is 0 Å². The molecule has 3 nitrogen and oxygen atoms in total. The monoisotopic (exact) mass is 498 g/mol. The van der Waals surface area contributed by atoms with Crippen LogP contribution in [0, 0.1) is 17.8 Å². The summed E-state index contributed by atoms with van der Waals surface area (Å²) in [7, 11) is 0. The summed E-state index contributed by atoms with van der Waals surface area (Å²) < 4.78 is 0. The summed E-state index contributed by atoms with van der Waals surface area (Å²) in [6.07, 6.45) is 17.2. The predicted molar refractivity (Wildman–Crippen MR) is 153 cm³/mol. The highest BCUT2D eigenvalue weighted by atomic mass is 16.2. The van der Waals surface area contributed by atoms with Crippen molar-refractivity contribution in [3.05, 3.63) is 33.9 Å². The van der Waals surface area contributed by atoms with Crippen LogP contribution in [0.1, 0.15) is 139 Å². The lowest BCUT2D eigenvalue weighted by molar-refractivity contribution is -0.122. The molecule has 0 radical (unpaired) electrons. The maximum Gasteiger partial charge on any atom is 0.193 e. The number of ketones is 3. The average molecular weight is 499 g/mol. The third-order valence-corrected chi connectivity index (χ3v) is 7.96. The third kappa shape index (κ3) is 11.5. The zero-order chi connectivity index (χ0) is 27.3. The molecule has 0 aromatic heterocycles. The van der Waals surface area contributed by atoms with E-state index in [0.717, 1.165) is 43.4 Å². The van der Waals surface area contributed by atoms with Crippen LogP contribution in [0.2, 0.25) is 0 Å². The fourth-order valence-electron chi connectivity index (χ4n) is 5.14. The van der Waals surface area contributed by atoms with Crippen LogP contribution in [0.5, 0.6) is 0 Å². The van der Waals surface area contributed by atoms with Crippen molar-refractivity contribution in [3.8, 4) is 0 Å². The van der Waals surface area contributed by atoms with Crippen LogP contribution in [0.4, 0.5) is 0 Å². The summed E-state index contributed by atoms with van der Waals surface area (Å²) in [6.45, 7) is 16.6. The van der Waals surface area contributed by atoms with E-state index < -0.39 is 0 Å². The van der Waals surface area contributed by atoms with E-state index in [2.05, 4.69) is 40.7 Å². The Bertz CT molecular complexity index is 837. The molecule has 0 saturated heterocycles. The largest absolute Gasteiger partial charge is 0.294 e. The number of carbonyl (C=O) groups excluding carboxylic acids is 3. The normalized spacial score (nSPS) is 16.9. The van der Waals surface area contributed by atoms with E-state index >= 15 is 0 Å². The minimum atomic E-state index is -0.268. The summed E-state index contributed by atoms with van der Waals surface area (Å²) in [5.41, 5.74) is 2.74. The lowest BCUT2D eigenvalue weighted by Crippen LogP contribution is -2.25. The maximum atomic E-state index is 12.6. The zero-order valence-corrected chi connectivity index (χ0v) is 24.7. The maximum absolute atomic E-state index is 12.6. The Morgan fingerprint density at radius 1 is 0.667 bits per heavy atom. The molecule has 0 aromatic carbocycles. The van der Waals surface area contributed by atoms with Gasteiger partial charge in [0.15, 0.2) is 17.3 Å². The molecule has 0 spiro atoms. The Morgan fingerprint density at radius 2 is 1.19 bits per heavy atom. The molecular weight excluding hydrogens is 444 g/mol. The number of hydrogen-bond acceptors (Lipinski definition) is 3. The smallest absolute Gasteiger partial charge is 0.193 e. The van der Waals surface area contributed by atoms with Crippen LogP contribution in [-0.2, 0) is 14.4 Å². The minimum absolute atomic E-state index is 0.115. The van der Waals surface area contributed by atoms with Gasteiger partial charge in [-0.3, -0.25) is 14.4 Å². The second-order valence-corrected chi connectivity index (χ2v) is 12.0. The van der Waals surface area contributed by atoms with E-state index in [1.165, 1.54) is 56.9 Å². The van der Waals surface area contributed by atoms with Gasteiger partial charge in [0.1, 0.15) is 0 Å². The molecule has 0 aliphatic heterocycles. The summed E-state index contributed by atoms with van der Waals surface area (Å²) in [4.78, 5) is 37.4. The molecule has 0 saturated carbocycles. The molecule has 0 fully saturated rings. The van der Waals surface area contributed by atoms with E-state index in [1.807, 2.05) is 0 Å². The van der Waals surface area contributed by atoms with E-state index in [-0.39, 0.29) is 22.9 Å². The summed E-state index contributed by atoms with van der Waals surface area (Å²) in [5.74, 6) is 1.89. The molecule has 1 aliphatic rings. The topological polar surface area (TPSA) is 51.2 Å². The molecule has 2 unspecified atom stereocenters. The lowest BCUT2D eigenvalue weighted by atomic mass is 9.83. The van der Waals surface area contributed by atoms with Crippen molar-refractivity contribution in [3.63, 3.8) is 0 Å². The highest BCUT2D eigenvalue weighted by Crippen LogP contribution is 2.26. The number of allylic oxidation sites excluding steroid dienone is 6. The first kappa shape index (κ1) is 32.3. The van der Waals surface area contributed by atoms with Gasteiger partial charge in [-0.25, -0.2) is 0 Å². The highest BCUT2D eigenvalue weighted by molar-refractivity contribution is 6.35. The molecule has 0 bridgehead atoms. The molecule has 1 aliphatic carbocycles. The van der Waals surface area contributed by atoms with Crippen molar-refractivity contribution in [2.45, 2.75) is 139 Å². The molecule has 0 N–H and O–H groups in total. The summed E-state index contributed by atoms with van der Waals surface area (Å²) >= 11 is 0. The number of unbranched alkanes of at least 4 members (excludes halogenated alkanes) is 2. The molecule has 3 heteroatoms. The van der Waals surface area contributed by atoms with Gasteiger partial charge in [-0.05, 0) is 77.6 Å². The number of carbonyl (C=O) groups is 3. The molecule has 0 heterocycles. The van der Waals surface area contributed by atoms with Crippen molar-refractivity contribution in [1.82, 2.24) is 0 Å². The Hall–Kier alpha value is -1.77. The Morgan fingerprint density at radius 3 is 1.78 bits per heavy atom. The van der Waals surface area contributed by atoms with E-state index in [4.69, 9.17) is 0 Å². The highest BCUT2D eigenvalue weighted by Gasteiger charge is 2.31. The van der Waals surface area contributed by atoms with E-state index in [9.17, 15) is 14.4 Å². The first-order valence-electron chi connectivity index (χ1n) is 14.6. The van der Waals surface area contributed by atoms with Crippen molar-refractivity contribution in [1.29, 1.82) is 0 Å². The van der Waals surface area contributed by atoms with E-state index in [1.54, 1.807) is 20.8 Å². The molecule has 0 aromatic rings. The van der Waals surface area contributed by atoms with Crippen molar-refractivity contribution in [2.24, 2.45) is 17.8 Å². The van der Waals surface area contributed by atoms with Crippen LogP contribution in [0.3, 0.4) is 0 Å². The van der Waals surface area contributed by atoms with E-state index in [0.29, 0.717) is 23.1 Å². The minimum Gasteiger partial charge on any atom is -0.294 e. The standard InChI is InChI=1S/C33H54O3/c1-23(2)15-12-17-25(4)19-14-21-26(5)20-13-18-24(3)16-10-9-11-22-30(34)31-29(8)32(35)27(6)28(7)33(31)36/h16,23,25-26H,9-15,17-22H2,1-8H3/b24-16+. The fraction of sp³-hybridized carbons (Fsp3) is 0.727. The van der Waals surface area contributed by atoms with Crippen LogP contribution < -0.4 is 0 Å². The van der Waals surface area contributed by atoms with Crippen molar-refractivity contribution >= 4 is 17.3 Å². The first-order valence-corrected chi connectivity index (χ1v) is 14.6. The molecule has 36 heavy (non-hydrogen) atoms. The summed E-state index contributed by atoms with van der Waals surface area (Å²) in [5, 5.41) is 0. The van der Waals surface area contributed by atoms with Crippen LogP contribution in [0.25, 0.3) is 0 Å². The second kappa shape index (κ2) is 16.9. The Balaban J connectivity index is 2.21. The van der Waals surface area contributed by atoms with Gasteiger partial charge in [-0.1, -0.05) is 84.3 Å². The molecule has 204 valence electrons. The third-order valence-electron chi connectivity index (χ3n) is 7.96. The molecule has 1 rings (SSSR count). The van der Waals surface area contributed by atoms with Crippen molar-refractivity contribution in [2.75, 3.05) is 0 Å². The first-order chi connectivity index (χ1) is 17.0. The van der Waals surface area contributed by atoms with Crippen LogP contribution in [0.15, 0.2) is 33.9 Å².